The number of carbonyl (C=O) groups excluding carboxylic acids is 1. The van der Waals surface area contributed by atoms with Crippen molar-refractivity contribution in [2.75, 3.05) is 18.6 Å². The van der Waals surface area contributed by atoms with Crippen molar-refractivity contribution >= 4 is 46.0 Å². The van der Waals surface area contributed by atoms with Crippen molar-refractivity contribution in [3.8, 4) is 11.5 Å². The van der Waals surface area contributed by atoms with Gasteiger partial charge in [-0.2, -0.15) is 0 Å². The molecule has 2 heterocycles. The first-order chi connectivity index (χ1) is 12.1. The Labute approximate surface area is 155 Å². The van der Waals surface area contributed by atoms with Gasteiger partial charge in [-0.15, -0.1) is 0 Å². The molecule has 1 saturated heterocycles. The van der Waals surface area contributed by atoms with Crippen LogP contribution < -0.4 is 14.4 Å². The van der Waals surface area contributed by atoms with Crippen LogP contribution in [0.3, 0.4) is 0 Å². The number of thiocarbonyl (C=S) groups is 1. The Balaban J connectivity index is 1.90. The van der Waals surface area contributed by atoms with Gasteiger partial charge in [0.05, 0.1) is 30.5 Å². The van der Waals surface area contributed by atoms with Gasteiger partial charge in [-0.05, 0) is 42.8 Å². The van der Waals surface area contributed by atoms with E-state index in [4.69, 9.17) is 21.7 Å². The van der Waals surface area contributed by atoms with Crippen LogP contribution in [-0.4, -0.2) is 28.9 Å². The number of pyridine rings is 1. The summed E-state index contributed by atoms with van der Waals surface area (Å²) >= 11 is 6.62. The summed E-state index contributed by atoms with van der Waals surface area (Å²) in [4.78, 5) is 18.8. The molecule has 0 unspecified atom stereocenters. The first-order valence-corrected chi connectivity index (χ1v) is 8.85. The maximum Gasteiger partial charge on any atom is 0.270 e. The van der Waals surface area contributed by atoms with Crippen molar-refractivity contribution < 1.29 is 14.3 Å². The number of hydrogen-bond acceptors (Lipinski definition) is 6. The van der Waals surface area contributed by atoms with E-state index >= 15 is 0 Å². The third-order valence-corrected chi connectivity index (χ3v) is 4.79. The van der Waals surface area contributed by atoms with E-state index in [1.54, 1.807) is 37.7 Å². The van der Waals surface area contributed by atoms with Gasteiger partial charge in [0.25, 0.3) is 5.91 Å². The summed E-state index contributed by atoms with van der Waals surface area (Å²) in [7, 11) is 1.59. The van der Waals surface area contributed by atoms with E-state index in [1.807, 2.05) is 25.1 Å². The summed E-state index contributed by atoms with van der Waals surface area (Å²) in [6, 6.07) is 9.12. The van der Waals surface area contributed by atoms with Gasteiger partial charge in [0.2, 0.25) is 0 Å². The van der Waals surface area contributed by atoms with Gasteiger partial charge in [0.1, 0.15) is 0 Å². The lowest BCUT2D eigenvalue weighted by Gasteiger charge is -2.13. The maximum atomic E-state index is 12.7. The number of methoxy groups -OCH3 is 1. The molecule has 1 aromatic carbocycles. The molecule has 0 atom stereocenters. The second-order valence-corrected chi connectivity index (χ2v) is 6.75. The molecule has 128 valence electrons. The van der Waals surface area contributed by atoms with Crippen molar-refractivity contribution in [3.05, 3.63) is 53.2 Å². The summed E-state index contributed by atoms with van der Waals surface area (Å²) in [6.45, 7) is 2.47. The van der Waals surface area contributed by atoms with Crippen LogP contribution >= 0.6 is 24.0 Å². The highest BCUT2D eigenvalue weighted by Gasteiger charge is 2.33. The second-order valence-electron chi connectivity index (χ2n) is 5.07. The van der Waals surface area contributed by atoms with E-state index in [0.29, 0.717) is 33.0 Å². The van der Waals surface area contributed by atoms with Crippen LogP contribution in [0.4, 0.5) is 5.69 Å². The average molecular weight is 372 g/mol. The maximum absolute atomic E-state index is 12.7. The minimum Gasteiger partial charge on any atom is -0.493 e. The Bertz CT molecular complexity index is 837. The molecule has 1 amide bonds. The van der Waals surface area contributed by atoms with Gasteiger partial charge in [0, 0.05) is 6.20 Å². The van der Waals surface area contributed by atoms with E-state index in [2.05, 4.69) is 4.98 Å². The molecule has 3 rings (SSSR count). The molecule has 7 heteroatoms. The highest BCUT2D eigenvalue weighted by atomic mass is 32.2. The van der Waals surface area contributed by atoms with E-state index in [1.165, 1.54) is 16.7 Å². The summed E-state index contributed by atoms with van der Waals surface area (Å²) in [6.07, 6.45) is 5.07. The first-order valence-electron chi connectivity index (χ1n) is 7.63. The number of ether oxygens (including phenoxy) is 2. The number of rotatable bonds is 5. The highest BCUT2D eigenvalue weighted by molar-refractivity contribution is 8.27. The Morgan fingerprint density at radius 1 is 1.32 bits per heavy atom. The fraction of sp³-hybridized carbons (Fsp3) is 0.167. The third kappa shape index (κ3) is 3.67. The Kier molecular flexibility index (Phi) is 5.35. The fourth-order valence-electron chi connectivity index (χ4n) is 2.38. The quantitative estimate of drug-likeness (QED) is 0.586. The van der Waals surface area contributed by atoms with Crippen LogP contribution in [0.5, 0.6) is 11.5 Å². The van der Waals surface area contributed by atoms with E-state index < -0.39 is 0 Å². The number of nitrogens with zero attached hydrogens (tertiary/aromatic N) is 2. The number of benzene rings is 1. The van der Waals surface area contributed by atoms with Gasteiger partial charge in [-0.3, -0.25) is 14.7 Å². The van der Waals surface area contributed by atoms with Gasteiger partial charge in [-0.1, -0.05) is 30.0 Å². The van der Waals surface area contributed by atoms with Crippen LogP contribution in [0.1, 0.15) is 12.5 Å². The molecule has 5 nitrogen and oxygen atoms in total. The van der Waals surface area contributed by atoms with Crippen molar-refractivity contribution in [3.63, 3.8) is 0 Å². The molecule has 0 radical (unpaired) electrons. The van der Waals surface area contributed by atoms with E-state index in [-0.39, 0.29) is 5.91 Å². The van der Waals surface area contributed by atoms with Crippen LogP contribution in [-0.2, 0) is 4.79 Å². The molecular weight excluding hydrogens is 356 g/mol. The van der Waals surface area contributed by atoms with Crippen LogP contribution in [0, 0.1) is 0 Å². The molecule has 1 aromatic heterocycles. The standard InChI is InChI=1S/C18H16N2O3S2/c1-3-23-14-7-6-12(9-15(14)22-2)10-16-17(21)20(18(24)25-16)13-5-4-8-19-11-13/h4-11H,3H2,1-2H3/b16-10-. The number of aromatic nitrogens is 1. The monoisotopic (exact) mass is 372 g/mol. The molecule has 1 aliphatic rings. The van der Waals surface area contributed by atoms with Crippen molar-refractivity contribution in [1.82, 2.24) is 4.98 Å². The van der Waals surface area contributed by atoms with Crippen molar-refractivity contribution in [2.45, 2.75) is 6.92 Å². The predicted molar refractivity (Wildman–Crippen MR) is 104 cm³/mol. The molecule has 1 aliphatic heterocycles. The summed E-state index contributed by atoms with van der Waals surface area (Å²) < 4.78 is 11.4. The summed E-state index contributed by atoms with van der Waals surface area (Å²) in [5, 5.41) is 0. The molecule has 0 aliphatic carbocycles. The lowest BCUT2D eigenvalue weighted by atomic mass is 10.2. The van der Waals surface area contributed by atoms with Gasteiger partial charge in [0.15, 0.2) is 15.8 Å². The fourth-order valence-corrected chi connectivity index (χ4v) is 3.68. The zero-order valence-electron chi connectivity index (χ0n) is 13.8. The number of carbonyl (C=O) groups is 1. The SMILES string of the molecule is CCOc1ccc(/C=C2\SC(=S)N(c3cccnc3)C2=O)cc1OC. The van der Waals surface area contributed by atoms with Crippen molar-refractivity contribution in [1.29, 1.82) is 0 Å². The topological polar surface area (TPSA) is 51.7 Å². The molecule has 0 N–H and O–H groups in total. The normalized spacial score (nSPS) is 15.8. The van der Waals surface area contributed by atoms with E-state index in [9.17, 15) is 4.79 Å². The Hall–Kier alpha value is -2.38. The summed E-state index contributed by atoms with van der Waals surface area (Å²) in [5.41, 5.74) is 1.50. The van der Waals surface area contributed by atoms with Crippen LogP contribution in [0.2, 0.25) is 0 Å². The third-order valence-electron chi connectivity index (χ3n) is 3.48. The average Bonchev–Trinajstić information content (AvgIpc) is 2.90. The van der Waals surface area contributed by atoms with Gasteiger partial charge >= 0.3 is 0 Å². The van der Waals surface area contributed by atoms with Gasteiger partial charge in [-0.25, -0.2) is 0 Å². The minimum atomic E-state index is -0.157. The lowest BCUT2D eigenvalue weighted by Crippen LogP contribution is -2.27. The number of hydrogen-bond donors (Lipinski definition) is 0. The molecule has 25 heavy (non-hydrogen) atoms. The summed E-state index contributed by atoms with van der Waals surface area (Å²) in [5.74, 6) is 1.14. The van der Waals surface area contributed by atoms with Crippen molar-refractivity contribution in [2.24, 2.45) is 0 Å². The van der Waals surface area contributed by atoms with Crippen LogP contribution in [0.15, 0.2) is 47.6 Å². The molecule has 0 saturated carbocycles. The minimum absolute atomic E-state index is 0.157. The molecule has 2 aromatic rings. The zero-order valence-corrected chi connectivity index (χ0v) is 15.4. The largest absolute Gasteiger partial charge is 0.493 e. The Morgan fingerprint density at radius 3 is 2.84 bits per heavy atom. The predicted octanol–water partition coefficient (Wildman–Crippen LogP) is 3.89. The van der Waals surface area contributed by atoms with E-state index in [0.717, 1.165) is 5.56 Å². The highest BCUT2D eigenvalue weighted by Crippen LogP contribution is 2.36. The molecular formula is C18H16N2O3S2. The number of anilines is 1. The zero-order chi connectivity index (χ0) is 17.8. The lowest BCUT2D eigenvalue weighted by molar-refractivity contribution is -0.113. The first kappa shape index (κ1) is 17.4. The Morgan fingerprint density at radius 2 is 2.16 bits per heavy atom. The number of thioether (sulfide) groups is 1. The van der Waals surface area contributed by atoms with Gasteiger partial charge < -0.3 is 9.47 Å². The molecule has 0 bridgehead atoms. The number of amides is 1. The smallest absolute Gasteiger partial charge is 0.270 e. The molecule has 1 fully saturated rings. The van der Waals surface area contributed by atoms with Crippen LogP contribution in [0.25, 0.3) is 6.08 Å². The molecule has 0 spiro atoms. The second kappa shape index (κ2) is 7.67.